The maximum absolute atomic E-state index is 13.6. The molecule has 0 atom stereocenters. The van der Waals surface area contributed by atoms with E-state index in [2.05, 4.69) is 6.58 Å². The third-order valence-corrected chi connectivity index (χ3v) is 4.56. The molecule has 4 rings (SSSR count). The molecule has 0 aliphatic carbocycles. The molecule has 5 heteroatoms. The summed E-state index contributed by atoms with van der Waals surface area (Å²) in [7, 11) is 0. The summed E-state index contributed by atoms with van der Waals surface area (Å²) < 4.78 is 12.9. The van der Waals surface area contributed by atoms with E-state index in [1.165, 1.54) is 4.57 Å². The zero-order valence-corrected chi connectivity index (χ0v) is 16.2. The molecule has 0 aliphatic rings. The third kappa shape index (κ3) is 3.61. The molecule has 0 amide bonds. The molecule has 148 valence electrons. The SMILES string of the molecule is C=CCOc1ccccc1-c1oc(=O)c(-c2ccccc2)c([O-])[n+]1-c1ccccc1. The van der Waals surface area contributed by atoms with Crippen LogP contribution < -0.4 is 20.0 Å². The fraction of sp³-hybridized carbons (Fsp3) is 0.0400. The predicted molar refractivity (Wildman–Crippen MR) is 113 cm³/mol. The van der Waals surface area contributed by atoms with E-state index in [1.807, 2.05) is 30.3 Å². The minimum atomic E-state index is -0.702. The Hall–Kier alpha value is -4.12. The fourth-order valence-electron chi connectivity index (χ4n) is 3.23. The highest BCUT2D eigenvalue weighted by Gasteiger charge is 2.28. The molecule has 0 aliphatic heterocycles. The van der Waals surface area contributed by atoms with E-state index < -0.39 is 11.5 Å². The Bertz CT molecular complexity index is 1230. The van der Waals surface area contributed by atoms with E-state index in [4.69, 9.17) is 9.15 Å². The van der Waals surface area contributed by atoms with E-state index in [-0.39, 0.29) is 18.1 Å². The van der Waals surface area contributed by atoms with Crippen LogP contribution in [0.5, 0.6) is 11.6 Å². The van der Waals surface area contributed by atoms with Gasteiger partial charge in [0.15, 0.2) is 5.88 Å². The topological polar surface area (TPSA) is 66.4 Å². The first-order valence-electron chi connectivity index (χ1n) is 9.45. The Labute approximate surface area is 173 Å². The van der Waals surface area contributed by atoms with E-state index in [0.717, 1.165) is 0 Å². The smallest absolute Gasteiger partial charge is 0.392 e. The zero-order valence-electron chi connectivity index (χ0n) is 16.2. The van der Waals surface area contributed by atoms with Gasteiger partial charge in [-0.15, -0.1) is 4.57 Å². The number of hydrogen-bond donors (Lipinski definition) is 0. The molecule has 0 saturated carbocycles. The lowest BCUT2D eigenvalue weighted by Gasteiger charge is -2.15. The second-order valence-electron chi connectivity index (χ2n) is 6.51. The molecular weight excluding hydrogens is 378 g/mol. The Morgan fingerprint density at radius 3 is 2.27 bits per heavy atom. The number of benzene rings is 3. The van der Waals surface area contributed by atoms with E-state index in [0.29, 0.717) is 22.6 Å². The molecule has 0 bridgehead atoms. The normalized spacial score (nSPS) is 10.5. The molecule has 3 aromatic carbocycles. The van der Waals surface area contributed by atoms with E-state index in [9.17, 15) is 9.90 Å². The van der Waals surface area contributed by atoms with Crippen molar-refractivity contribution < 1.29 is 18.8 Å². The van der Waals surface area contributed by atoms with Crippen LogP contribution in [0.15, 0.2) is 107 Å². The van der Waals surface area contributed by atoms with Gasteiger partial charge in [0.05, 0.1) is 0 Å². The first kappa shape index (κ1) is 19.2. The van der Waals surface area contributed by atoms with Crippen molar-refractivity contribution in [1.82, 2.24) is 0 Å². The van der Waals surface area contributed by atoms with Crippen LogP contribution in [0.25, 0.3) is 28.3 Å². The van der Waals surface area contributed by atoms with Crippen LogP contribution in [0.1, 0.15) is 0 Å². The van der Waals surface area contributed by atoms with Crippen molar-refractivity contribution in [3.05, 3.63) is 108 Å². The lowest BCUT2D eigenvalue weighted by atomic mass is 10.1. The quantitative estimate of drug-likeness (QED) is 0.366. The van der Waals surface area contributed by atoms with Crippen LogP contribution >= 0.6 is 0 Å². The van der Waals surface area contributed by atoms with Crippen molar-refractivity contribution in [2.45, 2.75) is 0 Å². The lowest BCUT2D eigenvalue weighted by molar-refractivity contribution is -0.649. The summed E-state index contributed by atoms with van der Waals surface area (Å²) in [6.45, 7) is 3.94. The number of rotatable bonds is 6. The van der Waals surface area contributed by atoms with Gasteiger partial charge in [-0.2, -0.15) is 0 Å². The van der Waals surface area contributed by atoms with Gasteiger partial charge in [-0.25, -0.2) is 4.79 Å². The summed E-state index contributed by atoms with van der Waals surface area (Å²) in [5.41, 5.74) is 0.859. The van der Waals surface area contributed by atoms with Crippen molar-refractivity contribution in [3.8, 4) is 39.9 Å². The summed E-state index contributed by atoms with van der Waals surface area (Å²) in [6.07, 6.45) is 1.62. The Morgan fingerprint density at radius 1 is 0.933 bits per heavy atom. The maximum Gasteiger partial charge on any atom is 0.392 e. The van der Waals surface area contributed by atoms with Crippen molar-refractivity contribution >= 4 is 0 Å². The Kier molecular flexibility index (Phi) is 5.44. The predicted octanol–water partition coefficient (Wildman–Crippen LogP) is 3.89. The number of para-hydroxylation sites is 2. The van der Waals surface area contributed by atoms with E-state index in [1.54, 1.807) is 60.7 Å². The van der Waals surface area contributed by atoms with Crippen LogP contribution in [0.3, 0.4) is 0 Å². The maximum atomic E-state index is 13.6. The molecule has 1 heterocycles. The van der Waals surface area contributed by atoms with Crippen LogP contribution in [-0.4, -0.2) is 6.61 Å². The zero-order chi connectivity index (χ0) is 20.9. The molecule has 30 heavy (non-hydrogen) atoms. The summed E-state index contributed by atoms with van der Waals surface area (Å²) >= 11 is 0. The van der Waals surface area contributed by atoms with Crippen molar-refractivity contribution in [2.24, 2.45) is 0 Å². The van der Waals surface area contributed by atoms with Crippen molar-refractivity contribution in [3.63, 3.8) is 0 Å². The molecular formula is C25H19NO4. The molecule has 4 aromatic rings. The largest absolute Gasteiger partial charge is 0.822 e. The van der Waals surface area contributed by atoms with Crippen molar-refractivity contribution in [2.75, 3.05) is 6.61 Å². The average Bonchev–Trinajstić information content (AvgIpc) is 2.79. The summed E-state index contributed by atoms with van der Waals surface area (Å²) in [5.74, 6) is 0.129. The fourth-order valence-corrected chi connectivity index (χ4v) is 3.23. The molecule has 0 unspecified atom stereocenters. The summed E-state index contributed by atoms with van der Waals surface area (Å²) in [5, 5.41) is 13.6. The van der Waals surface area contributed by atoms with Gasteiger partial charge in [-0.1, -0.05) is 73.3 Å². The van der Waals surface area contributed by atoms with Gasteiger partial charge in [-0.3, -0.25) is 0 Å². The molecule has 0 fully saturated rings. The van der Waals surface area contributed by atoms with Gasteiger partial charge in [0.2, 0.25) is 5.69 Å². The first-order valence-corrected chi connectivity index (χ1v) is 9.45. The average molecular weight is 397 g/mol. The molecule has 0 saturated heterocycles. The summed E-state index contributed by atoms with van der Waals surface area (Å²) in [4.78, 5) is 12.9. The molecule has 5 nitrogen and oxygen atoms in total. The number of ether oxygens (including phenoxy) is 1. The number of hydrogen-bond acceptors (Lipinski definition) is 4. The van der Waals surface area contributed by atoms with Crippen molar-refractivity contribution in [1.29, 1.82) is 0 Å². The first-order chi connectivity index (χ1) is 14.7. The highest BCUT2D eigenvalue weighted by Crippen LogP contribution is 2.31. The van der Waals surface area contributed by atoms with Crippen LogP contribution in [0.4, 0.5) is 0 Å². The number of aromatic nitrogens is 1. The molecule has 1 aromatic heterocycles. The van der Waals surface area contributed by atoms with Gasteiger partial charge in [0.1, 0.15) is 23.5 Å². The Morgan fingerprint density at radius 2 is 1.57 bits per heavy atom. The summed E-state index contributed by atoms with van der Waals surface area (Å²) in [6, 6.07) is 25.0. The monoisotopic (exact) mass is 397 g/mol. The minimum Gasteiger partial charge on any atom is -0.822 e. The van der Waals surface area contributed by atoms with E-state index >= 15 is 0 Å². The minimum absolute atomic E-state index is 0.0207. The molecule has 0 radical (unpaired) electrons. The van der Waals surface area contributed by atoms with Crippen LogP contribution in [0, 0.1) is 0 Å². The highest BCUT2D eigenvalue weighted by molar-refractivity contribution is 5.67. The van der Waals surface area contributed by atoms with Crippen LogP contribution in [-0.2, 0) is 0 Å². The molecule has 0 N–H and O–H groups in total. The van der Waals surface area contributed by atoms with Gasteiger partial charge in [0, 0.05) is 12.1 Å². The second-order valence-corrected chi connectivity index (χ2v) is 6.51. The van der Waals surface area contributed by atoms with Gasteiger partial charge < -0.3 is 14.3 Å². The standard InChI is InChI=1S/C25H19NO4/c1-2-17-29-21-16-10-9-15-20(21)24-26(19-13-7-4-8-14-19)23(27)22(25(28)30-24)18-11-5-3-6-12-18/h2-16H,1,17H2. The highest BCUT2D eigenvalue weighted by atomic mass is 16.5. The second kappa shape index (κ2) is 8.49. The number of nitrogens with zero attached hydrogens (tertiary/aromatic N) is 1. The van der Waals surface area contributed by atoms with Crippen LogP contribution in [0.2, 0.25) is 0 Å². The van der Waals surface area contributed by atoms with Gasteiger partial charge in [0.25, 0.3) is 0 Å². The Balaban J connectivity index is 2.04. The molecule has 0 spiro atoms. The third-order valence-electron chi connectivity index (χ3n) is 4.56. The van der Waals surface area contributed by atoms with Gasteiger partial charge in [-0.05, 0) is 17.7 Å². The lowest BCUT2D eigenvalue weighted by Crippen LogP contribution is -2.40. The van der Waals surface area contributed by atoms with Gasteiger partial charge >= 0.3 is 11.5 Å².